The van der Waals surface area contributed by atoms with Crippen LogP contribution in [0.4, 0.5) is 4.79 Å². The summed E-state index contributed by atoms with van der Waals surface area (Å²) in [5.74, 6) is -8.82. The van der Waals surface area contributed by atoms with Crippen molar-refractivity contribution in [3.05, 3.63) is 251 Å². The Morgan fingerprint density at radius 3 is 1.41 bits per heavy atom. The van der Waals surface area contributed by atoms with Crippen molar-refractivity contribution in [2.24, 2.45) is 0 Å². The molecule has 10 rings (SSSR count). The fourth-order valence-electron chi connectivity index (χ4n) is 13.2. The Hall–Kier alpha value is -9.85. The third-order valence-corrected chi connectivity index (χ3v) is 18.3. The standard InChI is InChI=1S/C84H96N2O25/c1-55(87)85-71-67(104-57(3)89)44-84(82(93)95-6,110-75(71)73(106-59(5)91)70(105-58(4)90)54-99-56(2)88)111-76-72(92)68(52-96-46-61-30-16-8-17-31-61)107-81(78(76)101-49-64-36-22-11-23-37-64)109-74-69(53-97-47-62-32-18-9-19-33-62)108-80(79(102-50-65-38-24-12-25-39-65)77(74)100-48-63-34-20-10-21-35-63)98-43-42-86(45-60-28-14-7-15-29-60)83(94)103-51-66-40-26-13-27-41-66/h7-41,67-81,92H,42-54H2,1-6H3,(H,85,87)/t67-,68+,69+,70+,71+,72-,73+,74+,75+,76-,77-,78+,79+,80+,81-,84-/m0/s1. The van der Waals surface area contributed by atoms with E-state index >= 15 is 4.79 Å². The molecule has 0 aliphatic carbocycles. The Morgan fingerprint density at radius 2 is 0.946 bits per heavy atom. The summed E-state index contributed by atoms with van der Waals surface area (Å²) < 4.78 is 112. The summed E-state index contributed by atoms with van der Waals surface area (Å²) in [5.41, 5.74) is 5.26. The molecule has 0 saturated carbocycles. The van der Waals surface area contributed by atoms with Crippen molar-refractivity contribution in [2.75, 3.05) is 40.1 Å². The Kier molecular flexibility index (Phi) is 32.0. The highest BCUT2D eigenvalue weighted by molar-refractivity contribution is 5.79. The molecule has 0 radical (unpaired) electrons. The van der Waals surface area contributed by atoms with E-state index in [9.17, 15) is 33.9 Å². The number of esters is 5. The van der Waals surface area contributed by atoms with Crippen LogP contribution in [-0.2, 0) is 155 Å². The molecule has 27 heteroatoms. The van der Waals surface area contributed by atoms with Crippen molar-refractivity contribution in [3.63, 3.8) is 0 Å². The molecule has 3 aliphatic heterocycles. The van der Waals surface area contributed by atoms with Crippen LogP contribution in [0.15, 0.2) is 212 Å². The van der Waals surface area contributed by atoms with E-state index in [1.165, 1.54) is 4.90 Å². The average molecular weight is 1530 g/mol. The fraction of sp³-hybridized carbons (Fsp3) is 0.417. The zero-order valence-corrected chi connectivity index (χ0v) is 62.8. The summed E-state index contributed by atoms with van der Waals surface area (Å²) in [6.07, 6.45) is -24.2. The van der Waals surface area contributed by atoms with E-state index in [2.05, 4.69) is 5.32 Å². The molecule has 0 spiro atoms. The number of carbonyl (C=O) groups excluding carboxylic acids is 7. The van der Waals surface area contributed by atoms with Gasteiger partial charge in [0.15, 0.2) is 24.8 Å². The topological polar surface area (TPSA) is 312 Å². The van der Waals surface area contributed by atoms with E-state index in [0.29, 0.717) is 5.56 Å². The molecule has 16 atom stereocenters. The smallest absolute Gasteiger partial charge is 0.410 e. The number of ether oxygens (including phenoxy) is 17. The van der Waals surface area contributed by atoms with Crippen molar-refractivity contribution in [1.29, 1.82) is 0 Å². The second-order valence-corrected chi connectivity index (χ2v) is 26.8. The lowest BCUT2D eigenvalue weighted by Gasteiger charge is -2.52. The van der Waals surface area contributed by atoms with Gasteiger partial charge in [-0.25, -0.2) is 9.59 Å². The van der Waals surface area contributed by atoms with Crippen LogP contribution in [0.1, 0.15) is 80.0 Å². The summed E-state index contributed by atoms with van der Waals surface area (Å²) in [5, 5.41) is 16.1. The maximum atomic E-state index is 15.4. The number of methoxy groups -OCH3 is 1. The van der Waals surface area contributed by atoms with Gasteiger partial charge in [-0.1, -0.05) is 212 Å². The number of hydrogen-bond donors (Lipinski definition) is 2. The van der Waals surface area contributed by atoms with Crippen molar-refractivity contribution < 1.29 is 119 Å². The highest BCUT2D eigenvalue weighted by atomic mass is 16.8. The monoisotopic (exact) mass is 1530 g/mol. The average Bonchev–Trinajstić information content (AvgIpc) is 0.744. The predicted molar refractivity (Wildman–Crippen MR) is 395 cm³/mol. The summed E-state index contributed by atoms with van der Waals surface area (Å²) in [6.45, 7) is 3.58. The van der Waals surface area contributed by atoms with Gasteiger partial charge in [-0.05, 0) is 38.9 Å². The number of aliphatic hydroxyl groups is 1. The van der Waals surface area contributed by atoms with E-state index in [1.807, 2.05) is 182 Å². The van der Waals surface area contributed by atoms with Gasteiger partial charge >= 0.3 is 35.9 Å². The molecule has 0 aromatic heterocycles. The van der Waals surface area contributed by atoms with Crippen LogP contribution in [0.3, 0.4) is 0 Å². The van der Waals surface area contributed by atoms with Gasteiger partial charge in [-0.2, -0.15) is 0 Å². The van der Waals surface area contributed by atoms with Crippen molar-refractivity contribution in [3.8, 4) is 0 Å². The van der Waals surface area contributed by atoms with Gasteiger partial charge in [0.1, 0.15) is 74.3 Å². The second-order valence-electron chi connectivity index (χ2n) is 26.8. The van der Waals surface area contributed by atoms with Crippen LogP contribution in [0.2, 0.25) is 0 Å². The molecule has 3 fully saturated rings. The number of hydrogen-bond acceptors (Lipinski definition) is 25. The van der Waals surface area contributed by atoms with Crippen LogP contribution < -0.4 is 5.32 Å². The normalized spacial score (nSPS) is 24.2. The molecule has 7 aromatic rings. The quantitative estimate of drug-likeness (QED) is 0.0269. The Labute approximate surface area is 644 Å². The summed E-state index contributed by atoms with van der Waals surface area (Å²) in [6, 6.07) is 63.4. The molecule has 7 aromatic carbocycles. The van der Waals surface area contributed by atoms with Crippen LogP contribution >= 0.6 is 0 Å². The third kappa shape index (κ3) is 25.1. The molecule has 3 heterocycles. The minimum Gasteiger partial charge on any atom is -0.465 e. The van der Waals surface area contributed by atoms with Crippen LogP contribution in [0.5, 0.6) is 0 Å². The predicted octanol–water partition coefficient (Wildman–Crippen LogP) is 9.13. The number of nitrogens with one attached hydrogen (secondary N) is 1. The first-order valence-corrected chi connectivity index (χ1v) is 36.6. The molecule has 2 N–H and O–H groups in total. The van der Waals surface area contributed by atoms with Gasteiger partial charge in [0, 0.05) is 47.7 Å². The zero-order chi connectivity index (χ0) is 78.5. The Bertz CT molecular complexity index is 4010. The van der Waals surface area contributed by atoms with E-state index in [4.69, 9.17) is 80.5 Å². The van der Waals surface area contributed by atoms with Gasteiger partial charge in [0.2, 0.25) is 5.91 Å². The molecule has 0 bridgehead atoms. The number of nitrogens with zero attached hydrogens (tertiary/aromatic N) is 1. The molecule has 111 heavy (non-hydrogen) atoms. The maximum absolute atomic E-state index is 15.4. The van der Waals surface area contributed by atoms with E-state index in [1.54, 1.807) is 30.3 Å². The summed E-state index contributed by atoms with van der Waals surface area (Å²) in [4.78, 5) is 97.2. The van der Waals surface area contributed by atoms with Gasteiger partial charge in [0.25, 0.3) is 5.79 Å². The third-order valence-electron chi connectivity index (χ3n) is 18.3. The van der Waals surface area contributed by atoms with E-state index in [-0.39, 0.29) is 65.9 Å². The first-order chi connectivity index (χ1) is 53.8. The van der Waals surface area contributed by atoms with Gasteiger partial charge in [-0.15, -0.1) is 0 Å². The summed E-state index contributed by atoms with van der Waals surface area (Å²) in [7, 11) is 1.00. The van der Waals surface area contributed by atoms with Gasteiger partial charge in [0.05, 0.1) is 72.4 Å². The second kappa shape index (κ2) is 42.5. The number of rotatable bonds is 38. The minimum atomic E-state index is -2.95. The van der Waals surface area contributed by atoms with Crippen LogP contribution in [0, 0.1) is 0 Å². The Morgan fingerprint density at radius 1 is 0.495 bits per heavy atom. The number of carbonyl (C=O) groups is 7. The molecule has 592 valence electrons. The SMILES string of the molecule is COC(=O)[C@@]1(O[C@H]2[C@@H](O)[C@@H](COCc3ccccc3)O[C@@H](O[C@H]3[C@H](OCc4ccccc4)[C@@H](OCc4ccccc4)[C@H](OCCN(Cc4ccccc4)C(=O)OCc4ccccc4)O[C@@H]3COCc3ccccc3)[C@@H]2OCc2ccccc2)C[C@H](OC(C)=O)[C@@H](NC(C)=O)[C@H]([C@H](OC(C)=O)[C@@H](COC(C)=O)OC(C)=O)O1. The van der Waals surface area contributed by atoms with Crippen LogP contribution in [0.25, 0.3) is 0 Å². The van der Waals surface area contributed by atoms with Crippen molar-refractivity contribution in [1.82, 2.24) is 10.2 Å². The first kappa shape index (κ1) is 83.6. The van der Waals surface area contributed by atoms with E-state index < -0.39 is 159 Å². The highest BCUT2D eigenvalue weighted by Gasteiger charge is 2.63. The molecule has 27 nitrogen and oxygen atoms in total. The van der Waals surface area contributed by atoms with Gasteiger partial charge in [-0.3, -0.25) is 24.0 Å². The molecule has 0 unspecified atom stereocenters. The maximum Gasteiger partial charge on any atom is 0.410 e. The lowest BCUT2D eigenvalue weighted by Crippen LogP contribution is -2.72. The lowest BCUT2D eigenvalue weighted by molar-refractivity contribution is -0.395. The largest absolute Gasteiger partial charge is 0.465 e. The lowest BCUT2D eigenvalue weighted by atomic mass is 9.87. The zero-order valence-electron chi connectivity index (χ0n) is 62.8. The molecular weight excluding hydrogens is 1440 g/mol. The van der Waals surface area contributed by atoms with E-state index in [0.717, 1.165) is 75.1 Å². The molecule has 2 amide bonds. The molecule has 3 saturated heterocycles. The van der Waals surface area contributed by atoms with Crippen molar-refractivity contribution in [2.45, 2.75) is 185 Å². The Balaban J connectivity index is 1.11. The number of aliphatic hydroxyl groups excluding tert-OH is 1. The number of amides is 2. The highest BCUT2D eigenvalue weighted by Crippen LogP contribution is 2.43. The van der Waals surface area contributed by atoms with Crippen molar-refractivity contribution >= 4 is 41.8 Å². The van der Waals surface area contributed by atoms with Crippen LogP contribution in [-0.4, -0.2) is 190 Å². The number of benzene rings is 7. The molecular formula is C84H96N2O25. The minimum absolute atomic E-state index is 0.00454. The summed E-state index contributed by atoms with van der Waals surface area (Å²) >= 11 is 0. The fourth-order valence-corrected chi connectivity index (χ4v) is 13.2. The first-order valence-electron chi connectivity index (χ1n) is 36.6. The van der Waals surface area contributed by atoms with Gasteiger partial charge < -0.3 is 95.8 Å². The molecule has 3 aliphatic rings.